The van der Waals surface area contributed by atoms with Gasteiger partial charge in [0.05, 0.1) is 23.7 Å². The highest BCUT2D eigenvalue weighted by Gasteiger charge is 2.42. The van der Waals surface area contributed by atoms with E-state index in [0.29, 0.717) is 28.7 Å². The second kappa shape index (κ2) is 10.7. The molecule has 0 aromatic heterocycles. The molecule has 0 radical (unpaired) electrons. The first kappa shape index (κ1) is 24.5. The summed E-state index contributed by atoms with van der Waals surface area (Å²) >= 11 is 1.35. The summed E-state index contributed by atoms with van der Waals surface area (Å²) in [5.74, 6) is -1.15. The number of amides is 1. The third-order valence-corrected chi connectivity index (χ3v) is 6.66. The van der Waals surface area contributed by atoms with Crippen LogP contribution in [0, 0.1) is 5.82 Å². The van der Waals surface area contributed by atoms with E-state index in [2.05, 4.69) is 11.6 Å². The quantitative estimate of drug-likeness (QED) is 0.376. The molecule has 4 rings (SSSR count). The van der Waals surface area contributed by atoms with Crippen molar-refractivity contribution in [3.63, 3.8) is 0 Å². The number of hydrogen-bond donors (Lipinski definition) is 0. The Morgan fingerprint density at radius 2 is 1.91 bits per heavy atom. The molecule has 1 unspecified atom stereocenters. The Kier molecular flexibility index (Phi) is 7.51. The highest BCUT2D eigenvalue weighted by molar-refractivity contribution is 8.16. The molecule has 2 aliphatic heterocycles. The summed E-state index contributed by atoms with van der Waals surface area (Å²) < 4.78 is 20.4. The van der Waals surface area contributed by atoms with Gasteiger partial charge in [0, 0.05) is 24.9 Å². The first-order valence-corrected chi connectivity index (χ1v) is 12.0. The highest BCUT2D eigenvalue weighted by Crippen LogP contribution is 2.45. The number of benzene rings is 2. The minimum absolute atomic E-state index is 0.0242. The van der Waals surface area contributed by atoms with Crippen molar-refractivity contribution < 1.29 is 18.7 Å². The minimum atomic E-state index is -0.811. The molecule has 180 valence electrons. The number of carbonyl (C=O) groups excluding carboxylic acids is 2. The van der Waals surface area contributed by atoms with Crippen molar-refractivity contribution in [1.82, 2.24) is 9.80 Å². The summed E-state index contributed by atoms with van der Waals surface area (Å²) in [6, 6.07) is 15.2. The van der Waals surface area contributed by atoms with Crippen LogP contribution in [0.1, 0.15) is 30.5 Å². The van der Waals surface area contributed by atoms with Gasteiger partial charge in [0.1, 0.15) is 12.4 Å². The second-order valence-corrected chi connectivity index (χ2v) is 9.05. The molecule has 0 bridgehead atoms. The molecule has 0 saturated carbocycles. The average molecular weight is 492 g/mol. The van der Waals surface area contributed by atoms with Gasteiger partial charge >= 0.3 is 5.97 Å². The van der Waals surface area contributed by atoms with Crippen molar-refractivity contribution in [2.24, 2.45) is 4.99 Å². The minimum Gasteiger partial charge on any atom is -0.458 e. The number of hydrogen-bond acceptors (Lipinski definition) is 6. The molecule has 2 heterocycles. The lowest BCUT2D eigenvalue weighted by Gasteiger charge is -2.36. The molecule has 2 aromatic carbocycles. The Labute approximate surface area is 208 Å². The van der Waals surface area contributed by atoms with Crippen LogP contribution in [-0.2, 0) is 20.9 Å². The molecule has 2 aliphatic rings. The molecule has 0 aliphatic carbocycles. The van der Waals surface area contributed by atoms with Crippen LogP contribution in [0.2, 0.25) is 0 Å². The monoisotopic (exact) mass is 491 g/mol. The molecular weight excluding hydrogens is 465 g/mol. The van der Waals surface area contributed by atoms with Gasteiger partial charge in [-0.2, -0.15) is 0 Å². The molecular formula is C27H26FN3O3S. The van der Waals surface area contributed by atoms with Gasteiger partial charge in [0.25, 0.3) is 0 Å². The van der Waals surface area contributed by atoms with E-state index < -0.39 is 17.8 Å². The number of esters is 1. The largest absolute Gasteiger partial charge is 0.458 e. The SMILES string of the molecule is C=CCOC(=O)C1=C(C)N=C2SC=C(CC(=O)N(C)Cc3ccccc3)N2C1c1ccccc1F. The zero-order chi connectivity index (χ0) is 24.9. The van der Waals surface area contributed by atoms with Gasteiger partial charge < -0.3 is 14.5 Å². The van der Waals surface area contributed by atoms with Crippen molar-refractivity contribution in [2.75, 3.05) is 13.7 Å². The lowest BCUT2D eigenvalue weighted by Crippen LogP contribution is -2.38. The van der Waals surface area contributed by atoms with Gasteiger partial charge in [0.15, 0.2) is 5.17 Å². The predicted octanol–water partition coefficient (Wildman–Crippen LogP) is 5.18. The first-order valence-electron chi connectivity index (χ1n) is 11.2. The van der Waals surface area contributed by atoms with E-state index in [1.54, 1.807) is 42.0 Å². The number of nitrogens with zero attached hydrogens (tertiary/aromatic N) is 3. The van der Waals surface area contributed by atoms with Gasteiger partial charge in [-0.15, -0.1) is 0 Å². The van der Waals surface area contributed by atoms with Crippen LogP contribution in [0.25, 0.3) is 0 Å². The molecule has 2 aromatic rings. The number of carbonyl (C=O) groups is 2. The summed E-state index contributed by atoms with van der Waals surface area (Å²) in [6.07, 6.45) is 1.55. The summed E-state index contributed by atoms with van der Waals surface area (Å²) in [5.41, 5.74) is 2.66. The number of ether oxygens (including phenoxy) is 1. The summed E-state index contributed by atoms with van der Waals surface area (Å²) in [4.78, 5) is 34.2. The summed E-state index contributed by atoms with van der Waals surface area (Å²) in [5, 5.41) is 2.43. The van der Waals surface area contributed by atoms with E-state index in [4.69, 9.17) is 4.74 Å². The Balaban J connectivity index is 1.65. The number of thioether (sulfide) groups is 1. The number of fused-ring (bicyclic) bond motifs is 1. The van der Waals surface area contributed by atoms with Crippen LogP contribution in [0.5, 0.6) is 0 Å². The van der Waals surface area contributed by atoms with Gasteiger partial charge in [-0.05, 0) is 24.0 Å². The van der Waals surface area contributed by atoms with Crippen LogP contribution in [0.15, 0.2) is 94.6 Å². The predicted molar refractivity (Wildman–Crippen MR) is 135 cm³/mol. The third kappa shape index (κ3) is 5.22. The number of halogens is 1. The van der Waals surface area contributed by atoms with Crippen LogP contribution >= 0.6 is 11.8 Å². The zero-order valence-corrected chi connectivity index (χ0v) is 20.4. The maximum atomic E-state index is 15.0. The molecule has 1 amide bonds. The van der Waals surface area contributed by atoms with E-state index in [1.165, 1.54) is 23.9 Å². The zero-order valence-electron chi connectivity index (χ0n) is 19.6. The molecule has 0 saturated heterocycles. The normalized spacial score (nSPS) is 16.9. The van der Waals surface area contributed by atoms with Crippen LogP contribution < -0.4 is 0 Å². The lowest BCUT2D eigenvalue weighted by atomic mass is 9.93. The summed E-state index contributed by atoms with van der Waals surface area (Å²) in [6.45, 7) is 5.79. The number of amidine groups is 1. The fraction of sp³-hybridized carbons (Fsp3) is 0.222. The van der Waals surface area contributed by atoms with Crippen molar-refractivity contribution in [1.29, 1.82) is 0 Å². The van der Waals surface area contributed by atoms with Gasteiger partial charge in [-0.1, -0.05) is 72.9 Å². The topological polar surface area (TPSA) is 62.2 Å². The van der Waals surface area contributed by atoms with Crippen molar-refractivity contribution in [2.45, 2.75) is 25.9 Å². The Morgan fingerprint density at radius 1 is 1.20 bits per heavy atom. The molecule has 1 atom stereocenters. The highest BCUT2D eigenvalue weighted by atomic mass is 32.2. The van der Waals surface area contributed by atoms with Crippen molar-refractivity contribution in [3.05, 3.63) is 107 Å². The van der Waals surface area contributed by atoms with E-state index in [0.717, 1.165) is 5.56 Å². The van der Waals surface area contributed by atoms with E-state index in [9.17, 15) is 9.59 Å². The lowest BCUT2D eigenvalue weighted by molar-refractivity contribution is -0.138. The van der Waals surface area contributed by atoms with Gasteiger partial charge in [-0.3, -0.25) is 4.79 Å². The van der Waals surface area contributed by atoms with Crippen LogP contribution in [-0.4, -0.2) is 40.5 Å². The molecule has 35 heavy (non-hydrogen) atoms. The van der Waals surface area contributed by atoms with E-state index in [1.807, 2.05) is 35.7 Å². The first-order chi connectivity index (χ1) is 16.9. The standard InChI is InChI=1S/C27H26FN3O3S/c1-4-14-34-26(33)24-18(2)29-27-31(25(24)21-12-8-9-13-22(21)28)20(17-35-27)15-23(32)30(3)16-19-10-6-5-7-11-19/h4-13,17,25H,1,14-16H2,2-3H3. The maximum absolute atomic E-state index is 15.0. The van der Waals surface area contributed by atoms with E-state index in [-0.39, 0.29) is 24.5 Å². The van der Waals surface area contributed by atoms with Crippen LogP contribution in [0.3, 0.4) is 0 Å². The van der Waals surface area contributed by atoms with Gasteiger partial charge in [0.2, 0.25) is 5.91 Å². The Morgan fingerprint density at radius 3 is 2.63 bits per heavy atom. The average Bonchev–Trinajstić information content (AvgIpc) is 3.24. The number of aliphatic imine (C=N–C) groups is 1. The molecule has 0 fully saturated rings. The smallest absolute Gasteiger partial charge is 0.338 e. The third-order valence-electron chi connectivity index (χ3n) is 5.77. The number of rotatable bonds is 8. The summed E-state index contributed by atoms with van der Waals surface area (Å²) in [7, 11) is 1.75. The van der Waals surface area contributed by atoms with Crippen LogP contribution in [0.4, 0.5) is 4.39 Å². The second-order valence-electron chi connectivity index (χ2n) is 8.21. The number of allylic oxidation sites excluding steroid dienone is 1. The molecule has 0 N–H and O–H groups in total. The molecule has 8 heteroatoms. The Bertz CT molecular complexity index is 1240. The van der Waals surface area contributed by atoms with Crippen molar-refractivity contribution >= 4 is 28.8 Å². The van der Waals surface area contributed by atoms with Gasteiger partial charge in [-0.25, -0.2) is 14.2 Å². The maximum Gasteiger partial charge on any atom is 0.338 e. The van der Waals surface area contributed by atoms with E-state index >= 15 is 4.39 Å². The fourth-order valence-electron chi connectivity index (χ4n) is 4.07. The van der Waals surface area contributed by atoms with Crippen molar-refractivity contribution in [3.8, 4) is 0 Å². The molecule has 6 nitrogen and oxygen atoms in total. The fourth-order valence-corrected chi connectivity index (χ4v) is 5.03. The molecule has 0 spiro atoms. The Hall–Kier alpha value is -3.65.